The summed E-state index contributed by atoms with van der Waals surface area (Å²) in [6.07, 6.45) is 1.51. The van der Waals surface area contributed by atoms with Crippen molar-refractivity contribution in [3.05, 3.63) is 83.5 Å². The molecule has 0 unspecified atom stereocenters. The fourth-order valence-corrected chi connectivity index (χ4v) is 4.67. The van der Waals surface area contributed by atoms with E-state index in [1.54, 1.807) is 24.3 Å². The van der Waals surface area contributed by atoms with Crippen LogP contribution in [0.5, 0.6) is 0 Å². The molecule has 0 radical (unpaired) electrons. The van der Waals surface area contributed by atoms with Crippen LogP contribution in [0.1, 0.15) is 28.9 Å². The zero-order valence-electron chi connectivity index (χ0n) is 16.7. The summed E-state index contributed by atoms with van der Waals surface area (Å²) in [6.45, 7) is 1.93. The van der Waals surface area contributed by atoms with E-state index in [4.69, 9.17) is 0 Å². The molecule has 2 amide bonds. The number of nitrogens with one attached hydrogen (secondary N) is 2. The summed E-state index contributed by atoms with van der Waals surface area (Å²) in [5.74, 6) is -0.266. The Balaban J connectivity index is 1.41. The van der Waals surface area contributed by atoms with Gasteiger partial charge in [0.15, 0.2) is 0 Å². The fraction of sp³-hybridized carbons (Fsp3) is 0.130. The molecule has 0 saturated heterocycles. The van der Waals surface area contributed by atoms with Gasteiger partial charge in [0.05, 0.1) is 23.0 Å². The van der Waals surface area contributed by atoms with Gasteiger partial charge in [0, 0.05) is 5.39 Å². The average Bonchev–Trinajstić information content (AvgIpc) is 3.28. The van der Waals surface area contributed by atoms with Crippen molar-refractivity contribution in [2.45, 2.75) is 18.0 Å². The molecule has 156 valence electrons. The summed E-state index contributed by atoms with van der Waals surface area (Å²) in [5, 5.41) is 9.51. The number of benzene rings is 2. The highest BCUT2D eigenvalue weighted by molar-refractivity contribution is 8.00. The van der Waals surface area contributed by atoms with E-state index >= 15 is 0 Å². The molecule has 0 saturated carbocycles. The van der Waals surface area contributed by atoms with Crippen molar-refractivity contribution in [3.8, 4) is 0 Å². The van der Waals surface area contributed by atoms with E-state index in [0.29, 0.717) is 11.3 Å². The number of thioether (sulfide) groups is 1. The molecule has 1 atom stereocenters. The number of aromatic nitrogens is 2. The minimum Gasteiger partial charge on any atom is -0.345 e. The molecule has 0 aliphatic heterocycles. The van der Waals surface area contributed by atoms with E-state index in [9.17, 15) is 9.59 Å². The maximum absolute atomic E-state index is 12.8. The highest BCUT2D eigenvalue weighted by Crippen LogP contribution is 2.28. The Labute approximate surface area is 188 Å². The van der Waals surface area contributed by atoms with Gasteiger partial charge in [-0.2, -0.15) is 0 Å². The Bertz CT molecular complexity index is 1210. The van der Waals surface area contributed by atoms with Crippen LogP contribution in [0.2, 0.25) is 0 Å². The average molecular weight is 449 g/mol. The van der Waals surface area contributed by atoms with Crippen molar-refractivity contribution in [2.24, 2.45) is 0 Å². The van der Waals surface area contributed by atoms with Crippen molar-refractivity contribution >= 4 is 50.8 Å². The fourth-order valence-electron chi connectivity index (χ4n) is 3.09. The van der Waals surface area contributed by atoms with Crippen LogP contribution in [0.3, 0.4) is 0 Å². The lowest BCUT2D eigenvalue weighted by atomic mass is 10.1. The van der Waals surface area contributed by atoms with Crippen LogP contribution < -0.4 is 10.6 Å². The summed E-state index contributed by atoms with van der Waals surface area (Å²) in [4.78, 5) is 34.8. The lowest BCUT2D eigenvalue weighted by Gasteiger charge is -2.16. The molecule has 2 heterocycles. The summed E-state index contributed by atoms with van der Waals surface area (Å²) >= 11 is 2.88. The number of thiophene rings is 1. The number of hydrogen-bond donors (Lipinski definition) is 2. The van der Waals surface area contributed by atoms with Gasteiger partial charge in [-0.1, -0.05) is 54.2 Å². The third-order valence-electron chi connectivity index (χ3n) is 4.66. The summed E-state index contributed by atoms with van der Waals surface area (Å²) < 4.78 is 0. The second kappa shape index (κ2) is 9.72. The normalized spacial score (nSPS) is 11.8. The zero-order chi connectivity index (χ0) is 21.6. The first-order chi connectivity index (χ1) is 15.1. The Morgan fingerprint density at radius 2 is 1.81 bits per heavy atom. The molecular weight excluding hydrogens is 428 g/mol. The first-order valence-corrected chi connectivity index (χ1v) is 11.5. The lowest BCUT2D eigenvalue weighted by Crippen LogP contribution is -2.28. The molecule has 4 rings (SSSR count). The molecule has 4 aromatic rings. The minimum atomic E-state index is -0.240. The van der Waals surface area contributed by atoms with Crippen molar-refractivity contribution in [1.29, 1.82) is 0 Å². The number of carbonyl (C=O) groups is 2. The molecule has 6 nitrogen and oxygen atoms in total. The molecule has 2 N–H and O–H groups in total. The first kappa shape index (κ1) is 21.0. The third kappa shape index (κ3) is 5.10. The van der Waals surface area contributed by atoms with Crippen LogP contribution in [0, 0.1) is 0 Å². The second-order valence-electron chi connectivity index (χ2n) is 6.81. The topological polar surface area (TPSA) is 84.0 Å². The number of nitrogens with zero attached hydrogens (tertiary/aromatic N) is 2. The summed E-state index contributed by atoms with van der Waals surface area (Å²) in [6, 6.07) is 18.5. The lowest BCUT2D eigenvalue weighted by molar-refractivity contribution is -0.113. The standard InChI is InChI=1S/C23H20N4O2S2/c1-15(16-7-3-2-4-8-16)26-21(29)17-9-5-6-10-19(17)27-20(28)13-31-23-18-11-12-30-22(18)24-14-25-23/h2-12,14-15H,13H2,1H3,(H,26,29)(H,27,28)/t15-/m1/s1. The van der Waals surface area contributed by atoms with Crippen molar-refractivity contribution in [2.75, 3.05) is 11.1 Å². The molecule has 0 aliphatic carbocycles. The van der Waals surface area contributed by atoms with E-state index in [0.717, 1.165) is 20.8 Å². The molecule has 2 aromatic heterocycles. The number of carbonyl (C=O) groups excluding carboxylic acids is 2. The van der Waals surface area contributed by atoms with Gasteiger partial charge in [0.25, 0.3) is 5.91 Å². The molecule has 2 aromatic carbocycles. The molecule has 0 bridgehead atoms. The van der Waals surface area contributed by atoms with E-state index < -0.39 is 0 Å². The van der Waals surface area contributed by atoms with Crippen molar-refractivity contribution in [3.63, 3.8) is 0 Å². The van der Waals surface area contributed by atoms with Gasteiger partial charge in [-0.25, -0.2) is 9.97 Å². The van der Waals surface area contributed by atoms with Crippen LogP contribution in [0.4, 0.5) is 5.69 Å². The van der Waals surface area contributed by atoms with E-state index in [-0.39, 0.29) is 23.6 Å². The van der Waals surface area contributed by atoms with Crippen LogP contribution in [0.25, 0.3) is 10.2 Å². The van der Waals surface area contributed by atoms with E-state index in [1.165, 1.54) is 29.4 Å². The van der Waals surface area contributed by atoms with Gasteiger partial charge in [0.1, 0.15) is 16.2 Å². The number of fused-ring (bicyclic) bond motifs is 1. The van der Waals surface area contributed by atoms with Crippen LogP contribution in [-0.2, 0) is 4.79 Å². The Morgan fingerprint density at radius 3 is 2.65 bits per heavy atom. The number of amides is 2. The van der Waals surface area contributed by atoms with Gasteiger partial charge >= 0.3 is 0 Å². The molecule has 0 aliphatic rings. The summed E-state index contributed by atoms with van der Waals surface area (Å²) in [5.41, 5.74) is 1.92. The van der Waals surface area contributed by atoms with Gasteiger partial charge in [0.2, 0.25) is 5.91 Å². The predicted molar refractivity (Wildman–Crippen MR) is 126 cm³/mol. The maximum Gasteiger partial charge on any atom is 0.253 e. The van der Waals surface area contributed by atoms with Crippen molar-refractivity contribution < 1.29 is 9.59 Å². The Morgan fingerprint density at radius 1 is 1.03 bits per heavy atom. The monoisotopic (exact) mass is 448 g/mol. The SMILES string of the molecule is C[C@@H](NC(=O)c1ccccc1NC(=O)CSc1ncnc2sccc12)c1ccccc1. The highest BCUT2D eigenvalue weighted by atomic mass is 32.2. The molecule has 8 heteroatoms. The quantitative estimate of drug-likeness (QED) is 0.310. The molecule has 31 heavy (non-hydrogen) atoms. The zero-order valence-corrected chi connectivity index (χ0v) is 18.4. The molecule has 0 fully saturated rings. The third-order valence-corrected chi connectivity index (χ3v) is 6.48. The van der Waals surface area contributed by atoms with E-state index in [1.807, 2.05) is 48.7 Å². The number of hydrogen-bond acceptors (Lipinski definition) is 6. The van der Waals surface area contributed by atoms with Crippen LogP contribution in [0.15, 0.2) is 77.4 Å². The van der Waals surface area contributed by atoms with Gasteiger partial charge < -0.3 is 10.6 Å². The van der Waals surface area contributed by atoms with Gasteiger partial charge in [-0.15, -0.1) is 11.3 Å². The summed E-state index contributed by atoms with van der Waals surface area (Å²) in [7, 11) is 0. The van der Waals surface area contributed by atoms with Crippen LogP contribution in [-0.4, -0.2) is 27.5 Å². The molecular formula is C23H20N4O2S2. The molecule has 0 spiro atoms. The largest absolute Gasteiger partial charge is 0.345 e. The smallest absolute Gasteiger partial charge is 0.253 e. The Hall–Kier alpha value is -3.23. The number of para-hydroxylation sites is 1. The maximum atomic E-state index is 12.8. The predicted octanol–water partition coefficient (Wildman–Crippen LogP) is 4.91. The Kier molecular flexibility index (Phi) is 6.59. The minimum absolute atomic E-state index is 0.154. The second-order valence-corrected chi connectivity index (χ2v) is 8.67. The number of rotatable bonds is 7. The number of anilines is 1. The van der Waals surface area contributed by atoms with E-state index in [2.05, 4.69) is 20.6 Å². The van der Waals surface area contributed by atoms with Gasteiger partial charge in [-0.3, -0.25) is 9.59 Å². The van der Waals surface area contributed by atoms with Gasteiger partial charge in [-0.05, 0) is 36.1 Å². The highest BCUT2D eigenvalue weighted by Gasteiger charge is 2.16. The first-order valence-electron chi connectivity index (χ1n) is 9.67. The van der Waals surface area contributed by atoms with Crippen molar-refractivity contribution in [1.82, 2.24) is 15.3 Å². The van der Waals surface area contributed by atoms with Crippen LogP contribution >= 0.6 is 23.1 Å².